The molecule has 0 saturated heterocycles. The van der Waals surface area contributed by atoms with E-state index in [-0.39, 0.29) is 5.57 Å². The molecule has 1 unspecified atom stereocenters. The largest absolute Gasteiger partial charge is 0.422 e. The van der Waals surface area contributed by atoms with Crippen LogP contribution in [0.5, 0.6) is 0 Å². The van der Waals surface area contributed by atoms with Crippen molar-refractivity contribution in [1.82, 2.24) is 0 Å². The zero-order valence-electron chi connectivity index (χ0n) is 12.5. The predicted molar refractivity (Wildman–Crippen MR) is 92.1 cm³/mol. The first-order valence-corrected chi connectivity index (χ1v) is 8.99. The topological polar surface area (TPSA) is 52.6 Å². The van der Waals surface area contributed by atoms with Crippen molar-refractivity contribution in [1.29, 1.82) is 0 Å². The SMILES string of the molecule is C=C(C)C(=O)OC(CC)OC(=O)c1cccc(CBr)c1CBr. The normalized spacial score (nSPS) is 11.6. The Morgan fingerprint density at radius 3 is 2.41 bits per heavy atom. The quantitative estimate of drug-likeness (QED) is 0.275. The highest BCUT2D eigenvalue weighted by Crippen LogP contribution is 2.22. The number of ether oxygens (including phenoxy) is 2. The van der Waals surface area contributed by atoms with E-state index in [2.05, 4.69) is 38.4 Å². The third-order valence-corrected chi connectivity index (χ3v) is 4.09. The predicted octanol–water partition coefficient (Wildman–Crippen LogP) is 4.49. The zero-order valence-corrected chi connectivity index (χ0v) is 15.7. The van der Waals surface area contributed by atoms with Crippen molar-refractivity contribution in [2.24, 2.45) is 0 Å². The van der Waals surface area contributed by atoms with Crippen molar-refractivity contribution in [3.63, 3.8) is 0 Å². The molecule has 0 aliphatic carbocycles. The lowest BCUT2D eigenvalue weighted by atomic mass is 10.0. The second-order valence-corrected chi connectivity index (χ2v) is 5.76. The fourth-order valence-corrected chi connectivity index (χ4v) is 2.89. The fraction of sp³-hybridized carbons (Fsp3) is 0.375. The van der Waals surface area contributed by atoms with E-state index < -0.39 is 18.2 Å². The first-order chi connectivity index (χ1) is 10.4. The van der Waals surface area contributed by atoms with Gasteiger partial charge in [-0.3, -0.25) is 0 Å². The summed E-state index contributed by atoms with van der Waals surface area (Å²) in [5, 5.41) is 1.17. The van der Waals surface area contributed by atoms with Gasteiger partial charge in [-0.15, -0.1) is 0 Å². The van der Waals surface area contributed by atoms with Crippen LogP contribution in [0.4, 0.5) is 0 Å². The first kappa shape index (κ1) is 18.9. The molecule has 1 aromatic rings. The number of hydrogen-bond acceptors (Lipinski definition) is 4. The van der Waals surface area contributed by atoms with Gasteiger partial charge in [0.2, 0.25) is 6.29 Å². The van der Waals surface area contributed by atoms with E-state index >= 15 is 0 Å². The molecule has 1 rings (SSSR count). The number of alkyl halides is 2. The third kappa shape index (κ3) is 4.95. The van der Waals surface area contributed by atoms with Gasteiger partial charge in [-0.25, -0.2) is 9.59 Å². The van der Waals surface area contributed by atoms with Crippen molar-refractivity contribution < 1.29 is 19.1 Å². The second kappa shape index (κ2) is 9.10. The minimum Gasteiger partial charge on any atom is -0.422 e. The molecule has 0 saturated carbocycles. The van der Waals surface area contributed by atoms with Crippen molar-refractivity contribution >= 4 is 43.8 Å². The van der Waals surface area contributed by atoms with Gasteiger partial charge in [0.05, 0.1) is 5.56 Å². The Hall–Kier alpha value is -1.14. The van der Waals surface area contributed by atoms with Crippen molar-refractivity contribution in [2.75, 3.05) is 0 Å². The smallest absolute Gasteiger partial charge is 0.341 e. The maximum Gasteiger partial charge on any atom is 0.341 e. The molecule has 0 bridgehead atoms. The number of halogens is 2. The second-order valence-electron chi connectivity index (χ2n) is 4.64. The highest BCUT2D eigenvalue weighted by Gasteiger charge is 2.21. The van der Waals surface area contributed by atoms with Crippen molar-refractivity contribution in [3.8, 4) is 0 Å². The molecular formula is C16H18Br2O4. The molecule has 0 aliphatic heterocycles. The fourth-order valence-electron chi connectivity index (χ4n) is 1.70. The molecule has 0 N–H and O–H groups in total. The Labute approximate surface area is 147 Å². The van der Waals surface area contributed by atoms with E-state index in [0.29, 0.717) is 22.6 Å². The summed E-state index contributed by atoms with van der Waals surface area (Å²) in [6.45, 7) is 6.81. The molecule has 6 heteroatoms. The van der Waals surface area contributed by atoms with E-state index in [9.17, 15) is 9.59 Å². The lowest BCUT2D eigenvalue weighted by Crippen LogP contribution is -2.25. The van der Waals surface area contributed by atoms with Gasteiger partial charge in [-0.1, -0.05) is 57.5 Å². The molecule has 4 nitrogen and oxygen atoms in total. The van der Waals surface area contributed by atoms with Gasteiger partial charge in [-0.2, -0.15) is 0 Å². The van der Waals surface area contributed by atoms with E-state index in [4.69, 9.17) is 9.47 Å². The van der Waals surface area contributed by atoms with Crippen LogP contribution in [0.1, 0.15) is 41.8 Å². The maximum atomic E-state index is 12.3. The number of carbonyl (C=O) groups excluding carboxylic acids is 2. The van der Waals surface area contributed by atoms with Crippen LogP contribution >= 0.6 is 31.9 Å². The molecule has 0 heterocycles. The maximum absolute atomic E-state index is 12.3. The number of hydrogen-bond donors (Lipinski definition) is 0. The van der Waals surface area contributed by atoms with Crippen LogP contribution in [-0.2, 0) is 24.9 Å². The summed E-state index contributed by atoms with van der Waals surface area (Å²) in [6.07, 6.45) is -0.556. The molecular weight excluding hydrogens is 416 g/mol. The monoisotopic (exact) mass is 432 g/mol. The molecule has 0 amide bonds. The summed E-state index contributed by atoms with van der Waals surface area (Å²) in [5.74, 6) is -1.09. The van der Waals surface area contributed by atoms with Gasteiger partial charge in [0.25, 0.3) is 0 Å². The summed E-state index contributed by atoms with van der Waals surface area (Å²) in [5.41, 5.74) is 2.57. The molecule has 22 heavy (non-hydrogen) atoms. The molecule has 0 aliphatic rings. The van der Waals surface area contributed by atoms with E-state index in [0.717, 1.165) is 11.1 Å². The average Bonchev–Trinajstić information content (AvgIpc) is 2.52. The Bertz CT molecular complexity index is 569. The molecule has 1 atom stereocenters. The molecule has 0 fully saturated rings. The number of carbonyl (C=O) groups is 2. The van der Waals surface area contributed by atoms with E-state index in [1.54, 1.807) is 26.0 Å². The number of rotatable bonds is 7. The summed E-state index contributed by atoms with van der Waals surface area (Å²) in [4.78, 5) is 23.9. The van der Waals surface area contributed by atoms with Gasteiger partial charge in [0.1, 0.15) is 0 Å². The first-order valence-electron chi connectivity index (χ1n) is 6.74. The summed E-state index contributed by atoms with van der Waals surface area (Å²) in [7, 11) is 0. The lowest BCUT2D eigenvalue weighted by molar-refractivity contribution is -0.163. The van der Waals surface area contributed by atoms with Crippen LogP contribution in [0.25, 0.3) is 0 Å². The van der Waals surface area contributed by atoms with Gasteiger partial charge in [-0.05, 0) is 24.1 Å². The van der Waals surface area contributed by atoms with Crippen LogP contribution in [0.3, 0.4) is 0 Å². The minimum absolute atomic E-state index is 0.261. The summed E-state index contributed by atoms with van der Waals surface area (Å²) in [6, 6.07) is 5.42. The average molecular weight is 434 g/mol. The van der Waals surface area contributed by atoms with Crippen LogP contribution in [0.15, 0.2) is 30.4 Å². The molecule has 0 aromatic heterocycles. The van der Waals surface area contributed by atoms with Gasteiger partial charge in [0.15, 0.2) is 0 Å². The Morgan fingerprint density at radius 1 is 1.23 bits per heavy atom. The van der Waals surface area contributed by atoms with Crippen LogP contribution in [0.2, 0.25) is 0 Å². The van der Waals surface area contributed by atoms with Gasteiger partial charge in [0, 0.05) is 22.7 Å². The molecule has 0 spiro atoms. The van der Waals surface area contributed by atoms with Crippen LogP contribution in [0, 0.1) is 0 Å². The van der Waals surface area contributed by atoms with Gasteiger partial charge < -0.3 is 9.47 Å². The molecule has 1 aromatic carbocycles. The van der Waals surface area contributed by atoms with Crippen LogP contribution in [-0.4, -0.2) is 18.2 Å². The highest BCUT2D eigenvalue weighted by atomic mass is 79.9. The van der Waals surface area contributed by atoms with Gasteiger partial charge >= 0.3 is 11.9 Å². The summed E-state index contributed by atoms with van der Waals surface area (Å²) < 4.78 is 10.4. The number of benzene rings is 1. The number of esters is 2. The lowest BCUT2D eigenvalue weighted by Gasteiger charge is -2.18. The Kier molecular flexibility index (Phi) is 7.82. The minimum atomic E-state index is -0.924. The molecule has 0 radical (unpaired) electrons. The molecule has 120 valence electrons. The summed E-state index contributed by atoms with van der Waals surface area (Å²) >= 11 is 6.78. The zero-order chi connectivity index (χ0) is 16.7. The third-order valence-electron chi connectivity index (χ3n) is 2.93. The van der Waals surface area contributed by atoms with Crippen LogP contribution < -0.4 is 0 Å². The van der Waals surface area contributed by atoms with Crippen molar-refractivity contribution in [2.45, 2.75) is 37.2 Å². The Balaban J connectivity index is 2.92. The van der Waals surface area contributed by atoms with Crippen molar-refractivity contribution in [3.05, 3.63) is 47.0 Å². The highest BCUT2D eigenvalue weighted by molar-refractivity contribution is 9.09. The Morgan fingerprint density at radius 2 is 1.91 bits per heavy atom. The van der Waals surface area contributed by atoms with E-state index in [1.807, 2.05) is 6.07 Å². The van der Waals surface area contributed by atoms with E-state index in [1.165, 1.54) is 0 Å². The standard InChI is InChI=1S/C16H18Br2O4/c1-4-14(21-15(19)10(2)3)22-16(20)12-7-5-6-11(8-17)13(12)9-18/h5-7,14H,2,4,8-9H2,1,3H3.